The smallest absolute Gasteiger partial charge is 0.310 e. The lowest BCUT2D eigenvalue weighted by atomic mass is 10.1. The van der Waals surface area contributed by atoms with Crippen LogP contribution in [0.3, 0.4) is 0 Å². The molecule has 0 amide bonds. The van der Waals surface area contributed by atoms with E-state index in [4.69, 9.17) is 14.2 Å². The molecule has 0 aromatic carbocycles. The third-order valence-corrected chi connectivity index (χ3v) is 9.85. The number of carbonyl (C=O) groups excluding carboxylic acids is 3. The van der Waals surface area contributed by atoms with Crippen molar-refractivity contribution in [2.45, 2.75) is 194 Å². The van der Waals surface area contributed by atoms with E-state index in [1.807, 2.05) is 6.08 Å². The standard InChI is InChI=1S/C59H90O6/c1-4-7-10-13-16-19-22-25-28-29-32-34-37-40-43-46-49-52-58(61)64-55-56(65-59(62)53-50-47-44-41-38-35-31-27-24-21-18-15-12-9-6-3)54-63-57(60)51-48-45-42-39-36-33-30-26-23-20-17-14-11-8-5-2/h7-12,16-21,25-28,30-31,36,38-39,41,47,50,56H,4-6,13-15,22-24,29,32-35,37,40,42-46,48-49,51-55H2,1-3H3/b10-7-,11-8-,12-9-,19-16-,20-17-,21-18-,28-25-,30-26-,31-27-,39-36-,41-38-,50-47-. The van der Waals surface area contributed by atoms with Gasteiger partial charge in [-0.2, -0.15) is 0 Å². The maximum atomic E-state index is 12.7. The highest BCUT2D eigenvalue weighted by molar-refractivity contribution is 5.72. The summed E-state index contributed by atoms with van der Waals surface area (Å²) in [7, 11) is 0. The normalized spacial score (nSPS) is 13.3. The van der Waals surface area contributed by atoms with Crippen molar-refractivity contribution in [2.24, 2.45) is 0 Å². The Morgan fingerprint density at radius 1 is 0.323 bits per heavy atom. The van der Waals surface area contributed by atoms with Gasteiger partial charge in [0, 0.05) is 12.8 Å². The van der Waals surface area contributed by atoms with Crippen LogP contribution in [0.25, 0.3) is 0 Å². The molecule has 6 nitrogen and oxygen atoms in total. The zero-order chi connectivity index (χ0) is 47.2. The molecule has 0 aliphatic rings. The first-order chi connectivity index (χ1) is 32.0. The summed E-state index contributed by atoms with van der Waals surface area (Å²) < 4.78 is 16.6. The van der Waals surface area contributed by atoms with E-state index in [2.05, 4.69) is 154 Å². The number of rotatable bonds is 43. The Hall–Kier alpha value is -4.71. The van der Waals surface area contributed by atoms with Gasteiger partial charge in [-0.3, -0.25) is 14.4 Å². The van der Waals surface area contributed by atoms with Crippen LogP contribution in [-0.2, 0) is 28.6 Å². The molecule has 0 saturated carbocycles. The molecule has 0 spiro atoms. The molecule has 0 heterocycles. The van der Waals surface area contributed by atoms with Crippen LogP contribution in [0.15, 0.2) is 146 Å². The molecule has 0 rings (SSSR count). The molecule has 0 aliphatic heterocycles. The van der Waals surface area contributed by atoms with Crippen molar-refractivity contribution in [3.8, 4) is 0 Å². The van der Waals surface area contributed by atoms with Crippen molar-refractivity contribution < 1.29 is 28.6 Å². The summed E-state index contributed by atoms with van der Waals surface area (Å²) in [5.41, 5.74) is 0. The van der Waals surface area contributed by atoms with Gasteiger partial charge in [0.05, 0.1) is 6.42 Å². The van der Waals surface area contributed by atoms with Gasteiger partial charge >= 0.3 is 17.9 Å². The quantitative estimate of drug-likeness (QED) is 0.0263. The van der Waals surface area contributed by atoms with E-state index in [0.29, 0.717) is 19.3 Å². The highest BCUT2D eigenvalue weighted by atomic mass is 16.6. The first-order valence-electron chi connectivity index (χ1n) is 25.3. The number of ether oxygens (including phenoxy) is 3. The maximum absolute atomic E-state index is 12.7. The fourth-order valence-electron chi connectivity index (χ4n) is 6.17. The summed E-state index contributed by atoms with van der Waals surface area (Å²) in [5.74, 6) is -1.14. The van der Waals surface area contributed by atoms with Crippen molar-refractivity contribution in [2.75, 3.05) is 13.2 Å². The number of hydrogen-bond acceptors (Lipinski definition) is 6. The fraction of sp³-hybridized carbons (Fsp3) is 0.542. The molecule has 0 aromatic heterocycles. The van der Waals surface area contributed by atoms with Gasteiger partial charge in [0.25, 0.3) is 0 Å². The third-order valence-electron chi connectivity index (χ3n) is 9.85. The Morgan fingerprint density at radius 2 is 0.600 bits per heavy atom. The maximum Gasteiger partial charge on any atom is 0.310 e. The van der Waals surface area contributed by atoms with E-state index < -0.39 is 12.1 Å². The van der Waals surface area contributed by atoms with Gasteiger partial charge < -0.3 is 14.2 Å². The van der Waals surface area contributed by atoms with Gasteiger partial charge in [-0.25, -0.2) is 0 Å². The minimum absolute atomic E-state index is 0.0783. The Balaban J connectivity index is 4.61. The average Bonchev–Trinajstić information content (AvgIpc) is 3.30. The second-order valence-corrected chi connectivity index (χ2v) is 15.9. The highest BCUT2D eigenvalue weighted by Gasteiger charge is 2.19. The average molecular weight is 895 g/mol. The first kappa shape index (κ1) is 60.3. The molecule has 362 valence electrons. The van der Waals surface area contributed by atoms with E-state index in [0.717, 1.165) is 109 Å². The van der Waals surface area contributed by atoms with E-state index in [9.17, 15) is 14.4 Å². The van der Waals surface area contributed by atoms with Crippen LogP contribution >= 0.6 is 0 Å². The lowest BCUT2D eigenvalue weighted by Gasteiger charge is -2.18. The first-order valence-corrected chi connectivity index (χ1v) is 25.3. The van der Waals surface area contributed by atoms with E-state index >= 15 is 0 Å². The molecule has 0 aliphatic carbocycles. The van der Waals surface area contributed by atoms with Crippen LogP contribution < -0.4 is 0 Å². The van der Waals surface area contributed by atoms with Crippen LogP contribution in [0, 0.1) is 0 Å². The SMILES string of the molecule is CC/C=C\C/C=C\C/C=C\C/C=C\C/C=C\CC(=O)OC(COC(=O)CCCC/C=C\C/C=C\C/C=C\C/C=C\CC)COC(=O)CCCCCCCCC/C=C\C/C=C\C/C=C\CC. The summed E-state index contributed by atoms with van der Waals surface area (Å²) in [5, 5.41) is 0. The van der Waals surface area contributed by atoms with Crippen molar-refractivity contribution >= 4 is 17.9 Å². The lowest BCUT2D eigenvalue weighted by molar-refractivity contribution is -0.166. The van der Waals surface area contributed by atoms with Crippen molar-refractivity contribution in [3.63, 3.8) is 0 Å². The Kier molecular flexibility index (Phi) is 48.2. The molecule has 6 heteroatoms. The van der Waals surface area contributed by atoms with Crippen LogP contribution in [0.1, 0.15) is 188 Å². The number of allylic oxidation sites excluding steroid dienone is 23. The Labute approximate surface area is 397 Å². The molecule has 1 atom stereocenters. The van der Waals surface area contributed by atoms with Gasteiger partial charge in [-0.05, 0) is 116 Å². The van der Waals surface area contributed by atoms with E-state index in [1.165, 1.54) is 25.7 Å². The minimum Gasteiger partial charge on any atom is -0.462 e. The fourth-order valence-corrected chi connectivity index (χ4v) is 6.17. The molecular formula is C59H90O6. The summed E-state index contributed by atoms with van der Waals surface area (Å²) in [6.45, 7) is 6.14. The monoisotopic (exact) mass is 895 g/mol. The Bertz CT molecular complexity index is 1490. The molecule has 65 heavy (non-hydrogen) atoms. The number of unbranched alkanes of at least 4 members (excludes halogenated alkanes) is 9. The summed E-state index contributed by atoms with van der Waals surface area (Å²) in [4.78, 5) is 37.9. The van der Waals surface area contributed by atoms with Crippen LogP contribution in [0.2, 0.25) is 0 Å². The zero-order valence-corrected chi connectivity index (χ0v) is 41.2. The van der Waals surface area contributed by atoms with Crippen LogP contribution in [-0.4, -0.2) is 37.2 Å². The summed E-state index contributed by atoms with van der Waals surface area (Å²) >= 11 is 0. The van der Waals surface area contributed by atoms with Crippen molar-refractivity contribution in [1.82, 2.24) is 0 Å². The molecule has 1 unspecified atom stereocenters. The predicted molar refractivity (Wildman–Crippen MR) is 279 cm³/mol. The lowest BCUT2D eigenvalue weighted by Crippen LogP contribution is -2.30. The Morgan fingerprint density at radius 3 is 0.969 bits per heavy atom. The number of esters is 3. The molecule has 0 bridgehead atoms. The minimum atomic E-state index is -0.859. The zero-order valence-electron chi connectivity index (χ0n) is 41.2. The third kappa shape index (κ3) is 50.2. The van der Waals surface area contributed by atoms with Gasteiger partial charge in [0.15, 0.2) is 6.10 Å². The van der Waals surface area contributed by atoms with E-state index in [-0.39, 0.29) is 38.0 Å². The summed E-state index contributed by atoms with van der Waals surface area (Å²) in [6, 6.07) is 0. The van der Waals surface area contributed by atoms with Gasteiger partial charge in [0.1, 0.15) is 13.2 Å². The predicted octanol–water partition coefficient (Wildman–Crippen LogP) is 16.9. The van der Waals surface area contributed by atoms with Gasteiger partial charge in [0.2, 0.25) is 0 Å². The second kappa shape index (κ2) is 51.9. The second-order valence-electron chi connectivity index (χ2n) is 15.9. The molecule has 0 fully saturated rings. The molecule has 0 N–H and O–H groups in total. The van der Waals surface area contributed by atoms with Gasteiger partial charge in [-0.1, -0.05) is 199 Å². The van der Waals surface area contributed by atoms with Crippen LogP contribution in [0.4, 0.5) is 0 Å². The largest absolute Gasteiger partial charge is 0.462 e. The molecule has 0 aromatic rings. The van der Waals surface area contributed by atoms with Crippen molar-refractivity contribution in [3.05, 3.63) is 146 Å². The number of hydrogen-bond donors (Lipinski definition) is 0. The highest BCUT2D eigenvalue weighted by Crippen LogP contribution is 2.12. The summed E-state index contributed by atoms with van der Waals surface area (Å²) in [6.07, 6.45) is 74.3. The van der Waals surface area contributed by atoms with E-state index in [1.54, 1.807) is 6.08 Å². The topological polar surface area (TPSA) is 78.9 Å². The molecular weight excluding hydrogens is 805 g/mol. The van der Waals surface area contributed by atoms with Crippen molar-refractivity contribution in [1.29, 1.82) is 0 Å². The molecule has 0 saturated heterocycles. The number of carbonyl (C=O) groups is 3. The molecule has 0 radical (unpaired) electrons. The van der Waals surface area contributed by atoms with Gasteiger partial charge in [-0.15, -0.1) is 0 Å². The van der Waals surface area contributed by atoms with Crippen LogP contribution in [0.5, 0.6) is 0 Å².